The van der Waals surface area contributed by atoms with Crippen LogP contribution in [0.3, 0.4) is 0 Å². The van der Waals surface area contributed by atoms with Gasteiger partial charge in [0.15, 0.2) is 0 Å². The molecule has 3 aliphatic heterocycles. The molecule has 3 aliphatic rings. The minimum atomic E-state index is -0.0387. The molecule has 20 heavy (non-hydrogen) atoms. The second-order valence-electron chi connectivity index (χ2n) is 6.40. The van der Waals surface area contributed by atoms with Crippen molar-refractivity contribution in [2.45, 2.75) is 51.1 Å². The maximum atomic E-state index is 12.8. The number of piperidine rings is 2. The highest BCUT2D eigenvalue weighted by Crippen LogP contribution is 2.29. The number of hydrogen-bond donors (Lipinski definition) is 2. The predicted octanol–water partition coefficient (Wildman–Crippen LogP) is 0.502. The van der Waals surface area contributed by atoms with E-state index in [9.17, 15) is 9.59 Å². The number of fused-ring (bicyclic) bond motifs is 1. The van der Waals surface area contributed by atoms with Crippen LogP contribution in [0.2, 0.25) is 0 Å². The van der Waals surface area contributed by atoms with Gasteiger partial charge in [-0.25, -0.2) is 0 Å². The molecule has 3 fully saturated rings. The van der Waals surface area contributed by atoms with Crippen molar-refractivity contribution in [3.63, 3.8) is 0 Å². The summed E-state index contributed by atoms with van der Waals surface area (Å²) >= 11 is 0. The maximum Gasteiger partial charge on any atom is 0.240 e. The summed E-state index contributed by atoms with van der Waals surface area (Å²) in [5, 5.41) is 6.29. The van der Waals surface area contributed by atoms with Crippen LogP contribution in [-0.4, -0.2) is 48.4 Å². The predicted molar refractivity (Wildman–Crippen MR) is 76.0 cm³/mol. The molecule has 0 aromatic carbocycles. The van der Waals surface area contributed by atoms with Crippen molar-refractivity contribution >= 4 is 11.8 Å². The number of carbonyl (C=O) groups is 2. The third-order valence-electron chi connectivity index (χ3n) is 5.27. The van der Waals surface area contributed by atoms with E-state index >= 15 is 0 Å². The summed E-state index contributed by atoms with van der Waals surface area (Å²) in [6, 6.07) is 0.0516. The lowest BCUT2D eigenvalue weighted by Gasteiger charge is -2.40. The quantitative estimate of drug-likeness (QED) is 0.774. The van der Waals surface area contributed by atoms with Crippen molar-refractivity contribution in [3.8, 4) is 0 Å². The second kappa shape index (κ2) is 5.72. The summed E-state index contributed by atoms with van der Waals surface area (Å²) in [5.41, 5.74) is 0. The highest BCUT2D eigenvalue weighted by atomic mass is 16.2. The molecule has 3 rings (SSSR count). The SMILES string of the molecule is CCC1CCNC(C(=O)N2CCCC3C(=O)NCC32)C1. The Hall–Kier alpha value is -1.10. The first-order valence-corrected chi connectivity index (χ1v) is 8.02. The highest BCUT2D eigenvalue weighted by molar-refractivity contribution is 5.86. The maximum absolute atomic E-state index is 12.8. The number of nitrogens with one attached hydrogen (secondary N) is 2. The van der Waals surface area contributed by atoms with Gasteiger partial charge >= 0.3 is 0 Å². The normalized spacial score (nSPS) is 37.5. The molecular weight excluding hydrogens is 254 g/mol. The lowest BCUT2D eigenvalue weighted by Crippen LogP contribution is -2.56. The van der Waals surface area contributed by atoms with E-state index in [-0.39, 0.29) is 29.8 Å². The van der Waals surface area contributed by atoms with Crippen LogP contribution in [0.25, 0.3) is 0 Å². The molecule has 0 spiro atoms. The van der Waals surface area contributed by atoms with Crippen LogP contribution in [0.1, 0.15) is 39.0 Å². The average Bonchev–Trinajstić information content (AvgIpc) is 2.88. The van der Waals surface area contributed by atoms with Crippen molar-refractivity contribution in [1.29, 1.82) is 0 Å². The zero-order chi connectivity index (χ0) is 14.1. The van der Waals surface area contributed by atoms with Crippen molar-refractivity contribution < 1.29 is 9.59 Å². The van der Waals surface area contributed by atoms with Gasteiger partial charge in [0, 0.05) is 13.1 Å². The van der Waals surface area contributed by atoms with Gasteiger partial charge in [-0.15, -0.1) is 0 Å². The van der Waals surface area contributed by atoms with Gasteiger partial charge in [-0.2, -0.15) is 0 Å². The van der Waals surface area contributed by atoms with E-state index in [0.717, 1.165) is 38.8 Å². The van der Waals surface area contributed by atoms with E-state index in [2.05, 4.69) is 17.6 Å². The molecule has 0 bridgehead atoms. The molecule has 0 aliphatic carbocycles. The fourth-order valence-electron chi connectivity index (χ4n) is 3.98. The van der Waals surface area contributed by atoms with E-state index in [0.29, 0.717) is 12.5 Å². The van der Waals surface area contributed by atoms with E-state index in [1.165, 1.54) is 6.42 Å². The monoisotopic (exact) mass is 279 g/mol. The number of hydrogen-bond acceptors (Lipinski definition) is 3. The number of likely N-dealkylation sites (tertiary alicyclic amines) is 1. The lowest BCUT2D eigenvalue weighted by molar-refractivity contribution is -0.139. The van der Waals surface area contributed by atoms with Crippen molar-refractivity contribution in [1.82, 2.24) is 15.5 Å². The lowest BCUT2D eigenvalue weighted by atomic mass is 9.87. The largest absolute Gasteiger partial charge is 0.354 e. The van der Waals surface area contributed by atoms with E-state index in [4.69, 9.17) is 0 Å². The molecule has 0 aromatic heterocycles. The Morgan fingerprint density at radius 1 is 1.40 bits per heavy atom. The van der Waals surface area contributed by atoms with Crippen LogP contribution < -0.4 is 10.6 Å². The third-order valence-corrected chi connectivity index (χ3v) is 5.27. The van der Waals surface area contributed by atoms with E-state index < -0.39 is 0 Å². The first-order chi connectivity index (χ1) is 9.70. The molecule has 2 N–H and O–H groups in total. The first kappa shape index (κ1) is 13.9. The van der Waals surface area contributed by atoms with Crippen LogP contribution in [0, 0.1) is 11.8 Å². The summed E-state index contributed by atoms with van der Waals surface area (Å²) in [6.07, 6.45) is 5.15. The van der Waals surface area contributed by atoms with E-state index in [1.807, 2.05) is 4.90 Å². The third kappa shape index (κ3) is 2.43. The van der Waals surface area contributed by atoms with Gasteiger partial charge < -0.3 is 15.5 Å². The summed E-state index contributed by atoms with van der Waals surface area (Å²) in [5.74, 6) is 1.04. The minimum absolute atomic E-state index is 0.0262. The standard InChI is InChI=1S/C15H25N3O2/c1-2-10-5-6-16-12(8-10)15(20)18-7-3-4-11-13(18)9-17-14(11)19/h10-13,16H,2-9H2,1H3,(H,17,19). The minimum Gasteiger partial charge on any atom is -0.354 e. The molecule has 5 heteroatoms. The van der Waals surface area contributed by atoms with Gasteiger partial charge in [0.05, 0.1) is 18.0 Å². The Kier molecular flexibility index (Phi) is 3.96. The average molecular weight is 279 g/mol. The number of carbonyl (C=O) groups excluding carboxylic acids is 2. The van der Waals surface area contributed by atoms with Gasteiger partial charge in [0.25, 0.3) is 0 Å². The molecular formula is C15H25N3O2. The summed E-state index contributed by atoms with van der Waals surface area (Å²) in [4.78, 5) is 26.5. The molecule has 5 nitrogen and oxygen atoms in total. The number of amides is 2. The van der Waals surface area contributed by atoms with Gasteiger partial charge in [0.1, 0.15) is 0 Å². The van der Waals surface area contributed by atoms with Crippen LogP contribution in [0.4, 0.5) is 0 Å². The van der Waals surface area contributed by atoms with Crippen LogP contribution in [-0.2, 0) is 9.59 Å². The van der Waals surface area contributed by atoms with Crippen LogP contribution in [0.5, 0.6) is 0 Å². The topological polar surface area (TPSA) is 61.4 Å². The van der Waals surface area contributed by atoms with E-state index in [1.54, 1.807) is 0 Å². The highest BCUT2D eigenvalue weighted by Gasteiger charge is 2.44. The number of rotatable bonds is 2. The summed E-state index contributed by atoms with van der Waals surface area (Å²) < 4.78 is 0. The molecule has 2 amide bonds. The van der Waals surface area contributed by atoms with Crippen molar-refractivity contribution in [3.05, 3.63) is 0 Å². The second-order valence-corrected chi connectivity index (χ2v) is 6.40. The van der Waals surface area contributed by atoms with Gasteiger partial charge in [-0.05, 0) is 38.1 Å². The molecule has 3 heterocycles. The Labute approximate surface area is 120 Å². The number of nitrogens with zero attached hydrogens (tertiary/aromatic N) is 1. The van der Waals surface area contributed by atoms with Crippen LogP contribution >= 0.6 is 0 Å². The van der Waals surface area contributed by atoms with Gasteiger partial charge in [-0.1, -0.05) is 13.3 Å². The molecule has 0 saturated carbocycles. The fraction of sp³-hybridized carbons (Fsp3) is 0.867. The Bertz CT molecular complexity index is 399. The van der Waals surface area contributed by atoms with Crippen molar-refractivity contribution in [2.75, 3.05) is 19.6 Å². The molecule has 4 unspecified atom stereocenters. The molecule has 112 valence electrons. The van der Waals surface area contributed by atoms with Crippen LogP contribution in [0.15, 0.2) is 0 Å². The molecule has 0 aromatic rings. The van der Waals surface area contributed by atoms with Gasteiger partial charge in [0.2, 0.25) is 11.8 Å². The smallest absolute Gasteiger partial charge is 0.240 e. The molecule has 4 atom stereocenters. The van der Waals surface area contributed by atoms with Gasteiger partial charge in [-0.3, -0.25) is 9.59 Å². The molecule has 3 saturated heterocycles. The summed E-state index contributed by atoms with van der Waals surface area (Å²) in [7, 11) is 0. The van der Waals surface area contributed by atoms with Crippen molar-refractivity contribution in [2.24, 2.45) is 11.8 Å². The zero-order valence-corrected chi connectivity index (χ0v) is 12.2. The summed E-state index contributed by atoms with van der Waals surface area (Å²) in [6.45, 7) is 4.59. The Balaban J connectivity index is 1.68. The fourth-order valence-corrected chi connectivity index (χ4v) is 3.98. The first-order valence-electron chi connectivity index (χ1n) is 8.02. The molecule has 0 radical (unpaired) electrons. The Morgan fingerprint density at radius 2 is 2.25 bits per heavy atom. The Morgan fingerprint density at radius 3 is 3.05 bits per heavy atom. The zero-order valence-electron chi connectivity index (χ0n) is 12.2.